The summed E-state index contributed by atoms with van der Waals surface area (Å²) in [5.74, 6) is 5.74. The predicted molar refractivity (Wildman–Crippen MR) is 65.2 cm³/mol. The highest BCUT2D eigenvalue weighted by molar-refractivity contribution is 6.30. The molecule has 0 saturated heterocycles. The number of hydrogen-bond acceptors (Lipinski definition) is 5. The second kappa shape index (κ2) is 4.52. The number of nitrogens with zero attached hydrogens (tertiary/aromatic N) is 3. The van der Waals surface area contributed by atoms with Crippen LogP contribution in [-0.4, -0.2) is 14.5 Å². The molecule has 0 saturated carbocycles. The van der Waals surface area contributed by atoms with Gasteiger partial charge < -0.3 is 0 Å². The van der Waals surface area contributed by atoms with Crippen molar-refractivity contribution >= 4 is 17.5 Å². The van der Waals surface area contributed by atoms with Gasteiger partial charge >= 0.3 is 5.69 Å². The van der Waals surface area contributed by atoms with E-state index < -0.39 is 5.69 Å². The lowest BCUT2D eigenvalue weighted by atomic mass is 10.3. The van der Waals surface area contributed by atoms with E-state index in [4.69, 9.17) is 17.4 Å². The molecule has 0 atom stereocenters. The Labute approximate surface area is 102 Å². The van der Waals surface area contributed by atoms with Crippen molar-refractivity contribution in [3.8, 4) is 5.69 Å². The van der Waals surface area contributed by atoms with Crippen LogP contribution in [0.1, 0.15) is 5.82 Å². The van der Waals surface area contributed by atoms with Crippen molar-refractivity contribution in [3.63, 3.8) is 0 Å². The number of nitrogen functional groups attached to an aromatic ring is 1. The summed E-state index contributed by atoms with van der Waals surface area (Å²) >= 11 is 5.78. The minimum Gasteiger partial charge on any atom is -0.292 e. The van der Waals surface area contributed by atoms with Crippen LogP contribution in [0.2, 0.25) is 5.02 Å². The molecule has 2 rings (SSSR count). The molecule has 0 unspecified atom stereocenters. The van der Waals surface area contributed by atoms with Gasteiger partial charge in [-0.05, 0) is 31.2 Å². The third-order valence-corrected chi connectivity index (χ3v) is 2.45. The summed E-state index contributed by atoms with van der Waals surface area (Å²) in [5.41, 5.74) is 2.44. The van der Waals surface area contributed by atoms with E-state index >= 15 is 0 Å². The van der Waals surface area contributed by atoms with Gasteiger partial charge in [-0.2, -0.15) is 9.97 Å². The number of aromatic nitrogens is 3. The molecule has 0 aliphatic heterocycles. The Balaban J connectivity index is 2.60. The Morgan fingerprint density at radius 2 is 1.94 bits per heavy atom. The van der Waals surface area contributed by atoms with E-state index in [1.807, 2.05) is 0 Å². The highest BCUT2D eigenvalue weighted by atomic mass is 35.5. The molecule has 0 aliphatic carbocycles. The molecule has 0 aliphatic rings. The SMILES string of the molecule is Cc1nc(NN)nc(=O)n1-c1ccc(Cl)cc1. The maximum Gasteiger partial charge on any atom is 0.356 e. The third-order valence-electron chi connectivity index (χ3n) is 2.20. The van der Waals surface area contributed by atoms with Gasteiger partial charge in [-0.25, -0.2) is 15.2 Å². The van der Waals surface area contributed by atoms with E-state index in [0.29, 0.717) is 16.5 Å². The highest BCUT2D eigenvalue weighted by Gasteiger charge is 2.07. The lowest BCUT2D eigenvalue weighted by molar-refractivity contribution is 0.811. The number of nitrogens with two attached hydrogens (primary N) is 1. The predicted octanol–water partition coefficient (Wildman–Crippen LogP) is 0.875. The van der Waals surface area contributed by atoms with E-state index in [0.717, 1.165) is 0 Å². The van der Waals surface area contributed by atoms with Crippen LogP contribution in [0.5, 0.6) is 0 Å². The fraction of sp³-hybridized carbons (Fsp3) is 0.100. The van der Waals surface area contributed by atoms with Crippen LogP contribution in [0.3, 0.4) is 0 Å². The van der Waals surface area contributed by atoms with Crippen LogP contribution >= 0.6 is 11.6 Å². The number of halogens is 1. The van der Waals surface area contributed by atoms with Gasteiger partial charge in [0.15, 0.2) is 0 Å². The van der Waals surface area contributed by atoms with Crippen molar-refractivity contribution in [2.75, 3.05) is 5.43 Å². The molecule has 3 N–H and O–H groups in total. The molecule has 1 heterocycles. The molecule has 7 heteroatoms. The van der Waals surface area contributed by atoms with Crippen molar-refractivity contribution in [3.05, 3.63) is 45.6 Å². The molecule has 0 fully saturated rings. The summed E-state index contributed by atoms with van der Waals surface area (Å²) in [6.07, 6.45) is 0. The van der Waals surface area contributed by atoms with Gasteiger partial charge in [0.25, 0.3) is 0 Å². The van der Waals surface area contributed by atoms with Crippen molar-refractivity contribution in [1.82, 2.24) is 14.5 Å². The zero-order valence-corrected chi connectivity index (χ0v) is 9.77. The lowest BCUT2D eigenvalue weighted by Crippen LogP contribution is -2.27. The Kier molecular flexibility index (Phi) is 3.08. The van der Waals surface area contributed by atoms with Crippen molar-refractivity contribution < 1.29 is 0 Å². The topological polar surface area (TPSA) is 85.8 Å². The second-order valence-corrected chi connectivity index (χ2v) is 3.77. The number of benzene rings is 1. The van der Waals surface area contributed by atoms with Gasteiger partial charge in [0.2, 0.25) is 5.95 Å². The van der Waals surface area contributed by atoms with Crippen LogP contribution in [0, 0.1) is 6.92 Å². The Bertz CT molecular complexity index is 593. The van der Waals surface area contributed by atoms with Gasteiger partial charge in [0, 0.05) is 5.02 Å². The van der Waals surface area contributed by atoms with E-state index in [2.05, 4.69) is 15.4 Å². The first-order chi connectivity index (χ1) is 8.11. The fourth-order valence-corrected chi connectivity index (χ4v) is 1.59. The summed E-state index contributed by atoms with van der Waals surface area (Å²) < 4.78 is 1.37. The summed E-state index contributed by atoms with van der Waals surface area (Å²) in [5, 5.41) is 0.598. The molecular weight excluding hydrogens is 242 g/mol. The Hall–Kier alpha value is -1.92. The monoisotopic (exact) mass is 251 g/mol. The molecule has 0 spiro atoms. The number of hydrazine groups is 1. The maximum atomic E-state index is 11.8. The van der Waals surface area contributed by atoms with Crippen LogP contribution in [-0.2, 0) is 0 Å². The number of hydrogen-bond donors (Lipinski definition) is 2. The van der Waals surface area contributed by atoms with Gasteiger partial charge in [-0.15, -0.1) is 0 Å². The summed E-state index contributed by atoms with van der Waals surface area (Å²) in [4.78, 5) is 19.5. The van der Waals surface area contributed by atoms with Gasteiger partial charge in [-0.1, -0.05) is 11.6 Å². The zero-order valence-electron chi connectivity index (χ0n) is 9.01. The quantitative estimate of drug-likeness (QED) is 0.611. The smallest absolute Gasteiger partial charge is 0.292 e. The van der Waals surface area contributed by atoms with Crippen molar-refractivity contribution in [2.45, 2.75) is 6.92 Å². The average molecular weight is 252 g/mol. The third kappa shape index (κ3) is 2.27. The van der Waals surface area contributed by atoms with E-state index in [-0.39, 0.29) is 5.95 Å². The highest BCUT2D eigenvalue weighted by Crippen LogP contribution is 2.12. The zero-order chi connectivity index (χ0) is 12.4. The molecule has 6 nitrogen and oxygen atoms in total. The molecule has 2 aromatic rings. The van der Waals surface area contributed by atoms with Gasteiger partial charge in [0.1, 0.15) is 5.82 Å². The lowest BCUT2D eigenvalue weighted by Gasteiger charge is -2.09. The molecule has 0 amide bonds. The van der Waals surface area contributed by atoms with E-state index in [1.165, 1.54) is 4.57 Å². The van der Waals surface area contributed by atoms with Gasteiger partial charge in [0.05, 0.1) is 5.69 Å². The second-order valence-electron chi connectivity index (χ2n) is 3.33. The molecule has 88 valence electrons. The first-order valence-corrected chi connectivity index (χ1v) is 5.20. The number of anilines is 1. The number of nitrogens with one attached hydrogen (secondary N) is 1. The molecular formula is C10H10ClN5O. The Morgan fingerprint density at radius 1 is 1.29 bits per heavy atom. The van der Waals surface area contributed by atoms with Crippen molar-refractivity contribution in [2.24, 2.45) is 5.84 Å². The largest absolute Gasteiger partial charge is 0.356 e. The molecule has 0 bridgehead atoms. The van der Waals surface area contributed by atoms with Crippen molar-refractivity contribution in [1.29, 1.82) is 0 Å². The standard InChI is InChI=1S/C10H10ClN5O/c1-6-13-9(15-12)14-10(17)16(6)8-4-2-7(11)3-5-8/h2-5H,12H2,1H3,(H,14,15,17). The minimum absolute atomic E-state index is 0.0951. The summed E-state index contributed by atoms with van der Waals surface area (Å²) in [6, 6.07) is 6.82. The molecule has 1 aromatic heterocycles. The van der Waals surface area contributed by atoms with Crippen LogP contribution in [0.15, 0.2) is 29.1 Å². The maximum absolute atomic E-state index is 11.8. The fourth-order valence-electron chi connectivity index (χ4n) is 1.46. The normalized spacial score (nSPS) is 10.3. The number of aryl methyl sites for hydroxylation is 1. The average Bonchev–Trinajstić information content (AvgIpc) is 2.30. The van der Waals surface area contributed by atoms with Crippen LogP contribution in [0.4, 0.5) is 5.95 Å². The van der Waals surface area contributed by atoms with E-state index in [1.54, 1.807) is 31.2 Å². The van der Waals surface area contributed by atoms with Crippen LogP contribution in [0.25, 0.3) is 5.69 Å². The minimum atomic E-state index is -0.451. The van der Waals surface area contributed by atoms with Gasteiger partial charge in [-0.3, -0.25) is 5.43 Å². The van der Waals surface area contributed by atoms with Crippen LogP contribution < -0.4 is 17.0 Å². The van der Waals surface area contributed by atoms with E-state index in [9.17, 15) is 4.79 Å². The summed E-state index contributed by atoms with van der Waals surface area (Å²) in [6.45, 7) is 1.69. The first-order valence-electron chi connectivity index (χ1n) is 4.82. The number of rotatable bonds is 2. The Morgan fingerprint density at radius 3 is 2.47 bits per heavy atom. The first kappa shape index (κ1) is 11.6. The molecule has 0 radical (unpaired) electrons. The summed E-state index contributed by atoms with van der Waals surface area (Å²) in [7, 11) is 0. The molecule has 17 heavy (non-hydrogen) atoms. The molecule has 1 aromatic carbocycles.